The Morgan fingerprint density at radius 2 is 1.68 bits per heavy atom. The number of benzene rings is 2. The van der Waals surface area contributed by atoms with Crippen LogP contribution in [0.2, 0.25) is 0 Å². The summed E-state index contributed by atoms with van der Waals surface area (Å²) >= 11 is 0. The Morgan fingerprint density at radius 1 is 1.00 bits per heavy atom. The van der Waals surface area contributed by atoms with Gasteiger partial charge in [-0.15, -0.1) is 5.10 Å². The zero-order valence-corrected chi connectivity index (χ0v) is 15.7. The number of hydrogen-bond donors (Lipinski definition) is 0. The van der Waals surface area contributed by atoms with E-state index < -0.39 is 11.7 Å². The highest BCUT2D eigenvalue weighted by atomic mass is 19.4. The van der Waals surface area contributed by atoms with E-state index in [1.165, 1.54) is 23.1 Å². The molecule has 3 rings (SSSR count). The number of Topliss-reactive ketones (excluding diaryl/α,β-unsaturated/α-hetero) is 1. The summed E-state index contributed by atoms with van der Waals surface area (Å²) in [6.45, 7) is 5.90. The van der Waals surface area contributed by atoms with Gasteiger partial charge in [0.05, 0.1) is 11.3 Å². The first kappa shape index (κ1) is 19.7. The maximum atomic E-state index is 12.8. The molecule has 0 unspecified atom stereocenters. The Balaban J connectivity index is 2.06. The number of rotatable bonds is 4. The Bertz CT molecular complexity index is 972. The quantitative estimate of drug-likeness (QED) is 0.592. The van der Waals surface area contributed by atoms with E-state index >= 15 is 0 Å². The van der Waals surface area contributed by atoms with Gasteiger partial charge in [-0.3, -0.25) is 4.79 Å². The maximum absolute atomic E-state index is 12.8. The fraction of sp³-hybridized carbons (Fsp3) is 0.300. The van der Waals surface area contributed by atoms with E-state index in [2.05, 4.69) is 15.5 Å². The predicted molar refractivity (Wildman–Crippen MR) is 98.0 cm³/mol. The Hall–Kier alpha value is -3.03. The smallest absolute Gasteiger partial charge is 0.294 e. The summed E-state index contributed by atoms with van der Waals surface area (Å²) in [5, 5.41) is 11.0. The second-order valence-electron chi connectivity index (χ2n) is 7.76. The van der Waals surface area contributed by atoms with Gasteiger partial charge >= 0.3 is 6.18 Å². The van der Waals surface area contributed by atoms with Gasteiger partial charge in [0.15, 0.2) is 5.78 Å². The third-order valence-corrected chi connectivity index (χ3v) is 4.09. The zero-order chi connectivity index (χ0) is 20.5. The maximum Gasteiger partial charge on any atom is 0.416 e. The minimum Gasteiger partial charge on any atom is -0.294 e. The van der Waals surface area contributed by atoms with Gasteiger partial charge in [0, 0.05) is 12.0 Å². The summed E-state index contributed by atoms with van der Waals surface area (Å²) in [4.78, 5) is 12.7. The molecule has 0 atom stereocenters. The van der Waals surface area contributed by atoms with Gasteiger partial charge in [-0.2, -0.15) is 13.2 Å². The summed E-state index contributed by atoms with van der Waals surface area (Å²) in [6.07, 6.45) is -2.68. The molecule has 0 radical (unpaired) electrons. The van der Waals surface area contributed by atoms with Gasteiger partial charge in [0.2, 0.25) is 0 Å². The van der Waals surface area contributed by atoms with Crippen molar-refractivity contribution in [1.82, 2.24) is 20.2 Å². The standard InChI is InChI=1S/C20H19F3N4O/c1-19(2,3)11-18(28)15-8-14(9-17(10-15)27-12-24-25-26-27)13-4-6-16(7-5-13)20(21,22)23/h4-10,12H,11H2,1-3H3. The summed E-state index contributed by atoms with van der Waals surface area (Å²) in [5.74, 6) is -0.0596. The molecule has 3 aromatic rings. The van der Waals surface area contributed by atoms with Gasteiger partial charge in [0.25, 0.3) is 0 Å². The van der Waals surface area contributed by atoms with Crippen molar-refractivity contribution in [3.63, 3.8) is 0 Å². The SMILES string of the molecule is CC(C)(C)CC(=O)c1cc(-c2ccc(C(F)(F)F)cc2)cc(-n2cnnn2)c1. The Morgan fingerprint density at radius 3 is 2.21 bits per heavy atom. The molecule has 146 valence electrons. The summed E-state index contributed by atoms with van der Waals surface area (Å²) < 4.78 is 39.9. The molecule has 0 spiro atoms. The highest BCUT2D eigenvalue weighted by molar-refractivity contribution is 5.98. The van der Waals surface area contributed by atoms with Crippen LogP contribution in [0.3, 0.4) is 0 Å². The molecule has 5 nitrogen and oxygen atoms in total. The van der Waals surface area contributed by atoms with Crippen LogP contribution in [0, 0.1) is 5.41 Å². The number of alkyl halides is 3. The Kier molecular flexibility index (Phi) is 5.06. The lowest BCUT2D eigenvalue weighted by atomic mass is 9.87. The average Bonchev–Trinajstić information content (AvgIpc) is 3.14. The van der Waals surface area contributed by atoms with Crippen LogP contribution < -0.4 is 0 Å². The largest absolute Gasteiger partial charge is 0.416 e. The number of carbonyl (C=O) groups excluding carboxylic acids is 1. The third-order valence-electron chi connectivity index (χ3n) is 4.09. The number of tetrazole rings is 1. The number of aromatic nitrogens is 4. The molecule has 1 aromatic heterocycles. The van der Waals surface area contributed by atoms with Gasteiger partial charge < -0.3 is 0 Å². The molecule has 0 N–H and O–H groups in total. The highest BCUT2D eigenvalue weighted by Crippen LogP contribution is 2.32. The zero-order valence-electron chi connectivity index (χ0n) is 15.7. The summed E-state index contributed by atoms with van der Waals surface area (Å²) in [5.41, 5.74) is 1.26. The lowest BCUT2D eigenvalue weighted by Gasteiger charge is -2.17. The van der Waals surface area contributed by atoms with Gasteiger partial charge in [0.1, 0.15) is 6.33 Å². The van der Waals surface area contributed by atoms with Crippen LogP contribution in [0.4, 0.5) is 13.2 Å². The molecular formula is C20H19F3N4O. The first-order chi connectivity index (χ1) is 13.0. The first-order valence-electron chi connectivity index (χ1n) is 8.62. The van der Waals surface area contributed by atoms with E-state index in [1.807, 2.05) is 20.8 Å². The van der Waals surface area contributed by atoms with E-state index in [0.717, 1.165) is 12.1 Å². The van der Waals surface area contributed by atoms with Crippen LogP contribution in [0.5, 0.6) is 0 Å². The fourth-order valence-corrected chi connectivity index (χ4v) is 2.79. The Labute approximate surface area is 160 Å². The lowest BCUT2D eigenvalue weighted by molar-refractivity contribution is -0.137. The van der Waals surface area contributed by atoms with Crippen LogP contribution in [-0.4, -0.2) is 26.0 Å². The van der Waals surface area contributed by atoms with E-state index in [9.17, 15) is 18.0 Å². The molecule has 0 aliphatic rings. The van der Waals surface area contributed by atoms with Gasteiger partial charge in [-0.05, 0) is 57.3 Å². The van der Waals surface area contributed by atoms with Crippen LogP contribution in [0.1, 0.15) is 43.1 Å². The molecule has 8 heteroatoms. The van der Waals surface area contributed by atoms with Crippen molar-refractivity contribution in [3.8, 4) is 16.8 Å². The normalized spacial score (nSPS) is 12.2. The molecule has 0 aliphatic carbocycles. The molecule has 0 saturated carbocycles. The molecule has 28 heavy (non-hydrogen) atoms. The minimum absolute atomic E-state index is 0.0596. The van der Waals surface area contributed by atoms with E-state index in [4.69, 9.17) is 0 Å². The average molecular weight is 388 g/mol. The van der Waals surface area contributed by atoms with Crippen LogP contribution in [0.25, 0.3) is 16.8 Å². The predicted octanol–water partition coefficient (Wildman–Crippen LogP) is 4.97. The second kappa shape index (κ2) is 7.18. The third kappa shape index (κ3) is 4.62. The molecular weight excluding hydrogens is 369 g/mol. The van der Waals surface area contributed by atoms with Crippen LogP contribution in [-0.2, 0) is 6.18 Å². The minimum atomic E-state index is -4.40. The van der Waals surface area contributed by atoms with Crippen molar-refractivity contribution in [2.24, 2.45) is 5.41 Å². The number of ketones is 1. The first-order valence-corrected chi connectivity index (χ1v) is 8.62. The highest BCUT2D eigenvalue weighted by Gasteiger charge is 2.30. The van der Waals surface area contributed by atoms with Crippen molar-refractivity contribution >= 4 is 5.78 Å². The van der Waals surface area contributed by atoms with E-state index in [-0.39, 0.29) is 11.2 Å². The molecule has 0 aliphatic heterocycles. The van der Waals surface area contributed by atoms with Crippen molar-refractivity contribution in [2.75, 3.05) is 0 Å². The van der Waals surface area contributed by atoms with Crippen molar-refractivity contribution < 1.29 is 18.0 Å². The van der Waals surface area contributed by atoms with Crippen LogP contribution in [0.15, 0.2) is 48.8 Å². The molecule has 0 saturated heterocycles. The molecule has 2 aromatic carbocycles. The van der Waals surface area contributed by atoms with Crippen molar-refractivity contribution in [1.29, 1.82) is 0 Å². The number of nitrogens with zero attached hydrogens (tertiary/aromatic N) is 4. The van der Waals surface area contributed by atoms with Gasteiger partial charge in [-0.25, -0.2) is 4.68 Å². The van der Waals surface area contributed by atoms with Gasteiger partial charge in [-0.1, -0.05) is 32.9 Å². The number of carbonyl (C=O) groups is 1. The topological polar surface area (TPSA) is 60.7 Å². The fourth-order valence-electron chi connectivity index (χ4n) is 2.79. The van der Waals surface area contributed by atoms with E-state index in [0.29, 0.717) is 28.8 Å². The van der Waals surface area contributed by atoms with E-state index in [1.54, 1.807) is 18.2 Å². The molecule has 0 fully saturated rings. The molecule has 1 heterocycles. The lowest BCUT2D eigenvalue weighted by Crippen LogP contribution is -2.13. The number of hydrogen-bond acceptors (Lipinski definition) is 4. The monoisotopic (exact) mass is 388 g/mol. The molecule has 0 bridgehead atoms. The van der Waals surface area contributed by atoms with Crippen molar-refractivity contribution in [2.45, 2.75) is 33.4 Å². The second-order valence-corrected chi connectivity index (χ2v) is 7.76. The summed E-state index contributed by atoms with van der Waals surface area (Å²) in [7, 11) is 0. The number of halogens is 3. The van der Waals surface area contributed by atoms with Crippen molar-refractivity contribution in [3.05, 3.63) is 59.9 Å². The summed E-state index contributed by atoms with van der Waals surface area (Å²) in [6, 6.07) is 9.92. The van der Waals surface area contributed by atoms with Crippen LogP contribution >= 0.6 is 0 Å². The molecule has 0 amide bonds.